The number of carbonyl (C=O) groups is 1. The number of ether oxygens (including phenoxy) is 1. The van der Waals surface area contributed by atoms with Gasteiger partial charge in [-0.2, -0.15) is 0 Å². The number of pyridine rings is 1. The Morgan fingerprint density at radius 3 is 2.48 bits per heavy atom. The highest BCUT2D eigenvalue weighted by molar-refractivity contribution is 6.04. The van der Waals surface area contributed by atoms with Gasteiger partial charge in [-0.15, -0.1) is 0 Å². The first kappa shape index (κ1) is 18.2. The molecule has 0 aliphatic rings. The van der Waals surface area contributed by atoms with Crippen molar-refractivity contribution < 1.29 is 18.3 Å². The van der Waals surface area contributed by atoms with Crippen molar-refractivity contribution >= 4 is 11.6 Å². The van der Waals surface area contributed by atoms with Crippen LogP contribution in [0.2, 0.25) is 0 Å². The van der Waals surface area contributed by atoms with E-state index in [-0.39, 0.29) is 5.56 Å². The molecule has 1 amide bonds. The lowest BCUT2D eigenvalue weighted by Crippen LogP contribution is -2.23. The van der Waals surface area contributed by atoms with Crippen LogP contribution in [-0.4, -0.2) is 10.9 Å². The van der Waals surface area contributed by atoms with Gasteiger partial charge in [0.15, 0.2) is 0 Å². The normalized spacial score (nSPS) is 10.5. The fourth-order valence-corrected chi connectivity index (χ4v) is 2.70. The summed E-state index contributed by atoms with van der Waals surface area (Å²) in [5.41, 5.74) is 0.411. The van der Waals surface area contributed by atoms with Crippen molar-refractivity contribution in [1.29, 1.82) is 0 Å². The summed E-state index contributed by atoms with van der Waals surface area (Å²) >= 11 is 0. The van der Waals surface area contributed by atoms with Gasteiger partial charge in [-0.05, 0) is 60.7 Å². The third-order valence-electron chi connectivity index (χ3n) is 4.08. The molecule has 144 valence electrons. The van der Waals surface area contributed by atoms with E-state index in [0.717, 1.165) is 0 Å². The Bertz CT molecular complexity index is 1200. The minimum atomic E-state index is -0.545. The predicted molar refractivity (Wildman–Crippen MR) is 106 cm³/mol. The summed E-state index contributed by atoms with van der Waals surface area (Å²) in [6.45, 7) is 0. The van der Waals surface area contributed by atoms with Crippen LogP contribution in [0.4, 0.5) is 10.1 Å². The molecule has 6 nitrogen and oxygen atoms in total. The summed E-state index contributed by atoms with van der Waals surface area (Å²) in [6.07, 6.45) is 1.50. The Kier molecular flexibility index (Phi) is 4.94. The lowest BCUT2D eigenvalue weighted by Gasteiger charge is -2.08. The van der Waals surface area contributed by atoms with Crippen LogP contribution < -0.4 is 15.6 Å². The number of aromatic nitrogens is 1. The van der Waals surface area contributed by atoms with Crippen molar-refractivity contribution in [2.24, 2.45) is 0 Å². The van der Waals surface area contributed by atoms with Gasteiger partial charge in [-0.3, -0.25) is 9.59 Å². The molecule has 0 unspecified atom stereocenters. The number of aromatic amines is 1. The van der Waals surface area contributed by atoms with E-state index in [2.05, 4.69) is 10.3 Å². The van der Waals surface area contributed by atoms with Crippen molar-refractivity contribution in [3.63, 3.8) is 0 Å². The third-order valence-corrected chi connectivity index (χ3v) is 4.08. The molecule has 4 aromatic rings. The predicted octanol–water partition coefficient (Wildman–Crippen LogP) is 4.82. The number of carbonyl (C=O) groups excluding carboxylic acids is 1. The van der Waals surface area contributed by atoms with E-state index in [9.17, 15) is 14.0 Å². The van der Waals surface area contributed by atoms with Gasteiger partial charge in [-0.25, -0.2) is 4.39 Å². The summed E-state index contributed by atoms with van der Waals surface area (Å²) in [6, 6.07) is 18.7. The molecule has 4 rings (SSSR count). The molecule has 0 aliphatic heterocycles. The minimum absolute atomic E-state index is 0.0274. The number of hydrogen-bond donors (Lipinski definition) is 2. The maximum Gasteiger partial charge on any atom is 0.261 e. The molecular weight excluding hydrogens is 375 g/mol. The second-order valence-electron chi connectivity index (χ2n) is 6.13. The lowest BCUT2D eigenvalue weighted by atomic mass is 10.2. The van der Waals surface area contributed by atoms with E-state index in [1.165, 1.54) is 24.5 Å². The van der Waals surface area contributed by atoms with Gasteiger partial charge in [-0.1, -0.05) is 6.07 Å². The van der Waals surface area contributed by atoms with Crippen LogP contribution in [0.1, 0.15) is 10.4 Å². The monoisotopic (exact) mass is 390 g/mol. The van der Waals surface area contributed by atoms with E-state index in [1.807, 2.05) is 0 Å². The molecule has 7 heteroatoms. The molecule has 0 saturated heterocycles. The Labute approximate surface area is 164 Å². The molecule has 2 aromatic carbocycles. The summed E-state index contributed by atoms with van der Waals surface area (Å²) in [5, 5.41) is 2.66. The van der Waals surface area contributed by atoms with E-state index < -0.39 is 17.3 Å². The van der Waals surface area contributed by atoms with Crippen molar-refractivity contribution in [1.82, 2.24) is 4.98 Å². The van der Waals surface area contributed by atoms with Gasteiger partial charge in [0.1, 0.15) is 28.6 Å². The molecule has 0 aliphatic carbocycles. The number of furan rings is 1. The van der Waals surface area contributed by atoms with Crippen molar-refractivity contribution in [3.8, 4) is 23.0 Å². The molecule has 2 aromatic heterocycles. The molecule has 0 spiro atoms. The summed E-state index contributed by atoms with van der Waals surface area (Å²) in [5.74, 6) is 0.410. The van der Waals surface area contributed by atoms with Crippen LogP contribution in [0.25, 0.3) is 11.5 Å². The molecule has 0 bridgehead atoms. The molecule has 0 saturated carbocycles. The van der Waals surface area contributed by atoms with Crippen LogP contribution in [-0.2, 0) is 0 Å². The van der Waals surface area contributed by atoms with Gasteiger partial charge in [0, 0.05) is 11.8 Å². The first-order valence-corrected chi connectivity index (χ1v) is 8.70. The standard InChI is InChI=1S/C22H15FN2O4/c23-14-3-1-4-17(13-14)29-16-8-6-15(7-9-16)24-21(26)18-10-11-19(25-22(18)27)20-5-2-12-28-20/h1-13H,(H,24,26)(H,25,27). The maximum atomic E-state index is 13.2. The van der Waals surface area contributed by atoms with Crippen LogP contribution in [0.5, 0.6) is 11.5 Å². The second kappa shape index (κ2) is 7.85. The SMILES string of the molecule is O=C(Nc1ccc(Oc2cccc(F)c2)cc1)c1ccc(-c2ccco2)[nH]c1=O. The first-order valence-electron chi connectivity index (χ1n) is 8.70. The smallest absolute Gasteiger partial charge is 0.261 e. The zero-order valence-corrected chi connectivity index (χ0v) is 15.0. The highest BCUT2D eigenvalue weighted by Crippen LogP contribution is 2.23. The minimum Gasteiger partial charge on any atom is -0.463 e. The highest BCUT2D eigenvalue weighted by atomic mass is 19.1. The van der Waals surface area contributed by atoms with Gasteiger partial charge >= 0.3 is 0 Å². The fourth-order valence-electron chi connectivity index (χ4n) is 2.70. The number of anilines is 1. The number of amides is 1. The zero-order valence-electron chi connectivity index (χ0n) is 15.0. The number of halogens is 1. The average Bonchev–Trinajstić information content (AvgIpc) is 3.24. The molecular formula is C22H15FN2O4. The maximum absolute atomic E-state index is 13.2. The number of benzene rings is 2. The van der Waals surface area contributed by atoms with Gasteiger partial charge in [0.2, 0.25) is 0 Å². The zero-order chi connectivity index (χ0) is 20.2. The quantitative estimate of drug-likeness (QED) is 0.512. The summed E-state index contributed by atoms with van der Waals surface area (Å²) < 4.78 is 24.0. The topological polar surface area (TPSA) is 84.3 Å². The lowest BCUT2D eigenvalue weighted by molar-refractivity contribution is 0.102. The van der Waals surface area contributed by atoms with E-state index in [0.29, 0.717) is 28.6 Å². The van der Waals surface area contributed by atoms with Gasteiger partial charge < -0.3 is 19.5 Å². The molecule has 0 atom stereocenters. The number of hydrogen-bond acceptors (Lipinski definition) is 4. The largest absolute Gasteiger partial charge is 0.463 e. The van der Waals surface area contributed by atoms with Crippen LogP contribution in [0.3, 0.4) is 0 Å². The molecule has 0 radical (unpaired) electrons. The third kappa shape index (κ3) is 4.24. The Balaban J connectivity index is 1.45. The van der Waals surface area contributed by atoms with E-state index in [4.69, 9.17) is 9.15 Å². The van der Waals surface area contributed by atoms with Gasteiger partial charge in [0.05, 0.1) is 12.0 Å². The molecule has 0 fully saturated rings. The summed E-state index contributed by atoms with van der Waals surface area (Å²) in [7, 11) is 0. The number of rotatable bonds is 5. The van der Waals surface area contributed by atoms with Gasteiger partial charge in [0.25, 0.3) is 11.5 Å². The van der Waals surface area contributed by atoms with Crippen molar-refractivity contribution in [2.75, 3.05) is 5.32 Å². The Morgan fingerprint density at radius 2 is 1.79 bits per heavy atom. The summed E-state index contributed by atoms with van der Waals surface area (Å²) in [4.78, 5) is 27.3. The second-order valence-corrected chi connectivity index (χ2v) is 6.13. The number of nitrogens with one attached hydrogen (secondary N) is 2. The van der Waals surface area contributed by atoms with Crippen LogP contribution >= 0.6 is 0 Å². The fraction of sp³-hybridized carbons (Fsp3) is 0. The van der Waals surface area contributed by atoms with Crippen LogP contribution in [0.15, 0.2) is 88.3 Å². The number of H-pyrrole nitrogens is 1. The molecule has 2 N–H and O–H groups in total. The molecule has 29 heavy (non-hydrogen) atoms. The first-order chi connectivity index (χ1) is 14.1. The van der Waals surface area contributed by atoms with Crippen molar-refractivity contribution in [3.05, 3.63) is 101 Å². The molecule has 2 heterocycles. The van der Waals surface area contributed by atoms with Crippen molar-refractivity contribution in [2.45, 2.75) is 0 Å². The van der Waals surface area contributed by atoms with E-state index >= 15 is 0 Å². The average molecular weight is 390 g/mol. The Hall–Kier alpha value is -4.13. The highest BCUT2D eigenvalue weighted by Gasteiger charge is 2.13. The van der Waals surface area contributed by atoms with Crippen LogP contribution in [0, 0.1) is 5.82 Å². The Morgan fingerprint density at radius 1 is 0.966 bits per heavy atom. The van der Waals surface area contributed by atoms with E-state index in [1.54, 1.807) is 54.6 Å².